The SMILES string of the molecule is O=C1C(=O)N(c2ccc(F)cc2)C(c2ccc(Cl)cc2)/C1=C(\O)c1ccc(Cl)cc1. The number of amides is 1. The van der Waals surface area contributed by atoms with Crippen molar-refractivity contribution >= 4 is 46.3 Å². The van der Waals surface area contributed by atoms with Crippen LogP contribution in [0.2, 0.25) is 10.0 Å². The average Bonchev–Trinajstić information content (AvgIpc) is 3.00. The van der Waals surface area contributed by atoms with Crippen LogP contribution >= 0.6 is 23.2 Å². The van der Waals surface area contributed by atoms with E-state index in [4.69, 9.17) is 23.2 Å². The number of carbonyl (C=O) groups is 2. The minimum absolute atomic E-state index is 0.0750. The minimum atomic E-state index is -0.914. The number of Topliss-reactive ketones (excluding diaryl/α,β-unsaturated/α-hetero) is 1. The number of hydrogen-bond donors (Lipinski definition) is 1. The second kappa shape index (κ2) is 7.94. The summed E-state index contributed by atoms with van der Waals surface area (Å²) >= 11 is 11.9. The summed E-state index contributed by atoms with van der Waals surface area (Å²) in [6.07, 6.45) is 0. The van der Waals surface area contributed by atoms with Gasteiger partial charge in [-0.1, -0.05) is 35.3 Å². The van der Waals surface area contributed by atoms with Crippen molar-refractivity contribution in [2.24, 2.45) is 0 Å². The summed E-state index contributed by atoms with van der Waals surface area (Å²) < 4.78 is 13.4. The summed E-state index contributed by atoms with van der Waals surface area (Å²) in [7, 11) is 0. The van der Waals surface area contributed by atoms with E-state index in [9.17, 15) is 19.1 Å². The zero-order chi connectivity index (χ0) is 21.4. The fourth-order valence-electron chi connectivity index (χ4n) is 3.42. The van der Waals surface area contributed by atoms with Crippen molar-refractivity contribution in [3.63, 3.8) is 0 Å². The Labute approximate surface area is 181 Å². The summed E-state index contributed by atoms with van der Waals surface area (Å²) in [5.41, 5.74) is 1.16. The van der Waals surface area contributed by atoms with Crippen LogP contribution in [0.25, 0.3) is 5.76 Å². The van der Waals surface area contributed by atoms with E-state index in [1.807, 2.05) is 0 Å². The van der Waals surface area contributed by atoms with E-state index in [0.717, 1.165) is 0 Å². The first-order valence-electron chi connectivity index (χ1n) is 8.95. The molecule has 1 fully saturated rings. The molecule has 0 bridgehead atoms. The van der Waals surface area contributed by atoms with E-state index in [-0.39, 0.29) is 11.3 Å². The zero-order valence-electron chi connectivity index (χ0n) is 15.4. The van der Waals surface area contributed by atoms with Crippen molar-refractivity contribution in [2.45, 2.75) is 6.04 Å². The van der Waals surface area contributed by atoms with Gasteiger partial charge in [0.1, 0.15) is 11.6 Å². The highest BCUT2D eigenvalue weighted by Gasteiger charge is 2.46. The molecule has 1 atom stereocenters. The molecule has 1 heterocycles. The monoisotopic (exact) mass is 441 g/mol. The molecule has 1 saturated heterocycles. The Morgan fingerprint density at radius 2 is 1.37 bits per heavy atom. The molecule has 1 amide bonds. The predicted molar refractivity (Wildman–Crippen MR) is 114 cm³/mol. The van der Waals surface area contributed by atoms with Crippen LogP contribution < -0.4 is 4.90 Å². The molecule has 0 aliphatic carbocycles. The molecule has 1 unspecified atom stereocenters. The van der Waals surface area contributed by atoms with Crippen LogP contribution in [0.3, 0.4) is 0 Å². The number of aliphatic hydroxyl groups is 1. The Bertz CT molecular complexity index is 1160. The highest BCUT2D eigenvalue weighted by molar-refractivity contribution is 6.51. The first-order valence-corrected chi connectivity index (χ1v) is 9.70. The van der Waals surface area contributed by atoms with Crippen LogP contribution in [0.1, 0.15) is 17.2 Å². The third-order valence-electron chi connectivity index (χ3n) is 4.85. The Kier molecular flexibility index (Phi) is 5.33. The maximum Gasteiger partial charge on any atom is 0.300 e. The normalized spacial score (nSPS) is 18.1. The molecule has 1 N–H and O–H groups in total. The summed E-state index contributed by atoms with van der Waals surface area (Å²) in [5, 5.41) is 11.9. The smallest absolute Gasteiger partial charge is 0.300 e. The maximum absolute atomic E-state index is 13.4. The molecule has 30 heavy (non-hydrogen) atoms. The second-order valence-electron chi connectivity index (χ2n) is 6.70. The van der Waals surface area contributed by atoms with Crippen LogP contribution in [-0.2, 0) is 9.59 Å². The summed E-state index contributed by atoms with van der Waals surface area (Å²) in [6, 6.07) is 17.2. The molecular weight excluding hydrogens is 428 g/mol. The lowest BCUT2D eigenvalue weighted by Crippen LogP contribution is -2.29. The van der Waals surface area contributed by atoms with Gasteiger partial charge in [0, 0.05) is 21.3 Å². The topological polar surface area (TPSA) is 57.6 Å². The van der Waals surface area contributed by atoms with Crippen molar-refractivity contribution < 1.29 is 19.1 Å². The number of nitrogens with zero attached hydrogens (tertiary/aromatic N) is 1. The Hall–Kier alpha value is -3.15. The third-order valence-corrected chi connectivity index (χ3v) is 5.36. The number of ketones is 1. The second-order valence-corrected chi connectivity index (χ2v) is 7.58. The van der Waals surface area contributed by atoms with E-state index in [0.29, 0.717) is 26.9 Å². The number of aliphatic hydroxyl groups excluding tert-OH is 1. The Balaban J connectivity index is 1.93. The number of carbonyl (C=O) groups excluding carboxylic acids is 2. The van der Waals surface area contributed by atoms with Gasteiger partial charge in [-0.3, -0.25) is 14.5 Å². The molecule has 4 nitrogen and oxygen atoms in total. The van der Waals surface area contributed by atoms with Crippen LogP contribution in [0.5, 0.6) is 0 Å². The van der Waals surface area contributed by atoms with E-state index < -0.39 is 23.5 Å². The minimum Gasteiger partial charge on any atom is -0.507 e. The van der Waals surface area contributed by atoms with Gasteiger partial charge in [-0.25, -0.2) is 4.39 Å². The van der Waals surface area contributed by atoms with Gasteiger partial charge in [-0.05, 0) is 66.2 Å². The van der Waals surface area contributed by atoms with E-state index in [1.165, 1.54) is 29.2 Å². The number of halogens is 3. The maximum atomic E-state index is 13.4. The quantitative estimate of drug-likeness (QED) is 0.319. The highest BCUT2D eigenvalue weighted by atomic mass is 35.5. The van der Waals surface area contributed by atoms with Crippen LogP contribution in [0.15, 0.2) is 78.4 Å². The van der Waals surface area contributed by atoms with Gasteiger partial charge in [0.15, 0.2) is 0 Å². The van der Waals surface area contributed by atoms with E-state index in [1.54, 1.807) is 48.5 Å². The first kappa shape index (κ1) is 20.1. The average molecular weight is 442 g/mol. The van der Waals surface area contributed by atoms with Crippen LogP contribution in [0, 0.1) is 5.82 Å². The van der Waals surface area contributed by atoms with Crippen molar-refractivity contribution in [2.75, 3.05) is 4.90 Å². The number of rotatable bonds is 3. The van der Waals surface area contributed by atoms with Crippen molar-refractivity contribution in [1.82, 2.24) is 0 Å². The molecule has 0 saturated carbocycles. The molecule has 0 radical (unpaired) electrons. The zero-order valence-corrected chi connectivity index (χ0v) is 16.9. The van der Waals surface area contributed by atoms with Gasteiger partial charge in [-0.2, -0.15) is 0 Å². The van der Waals surface area contributed by atoms with Crippen molar-refractivity contribution in [3.05, 3.63) is 105 Å². The Morgan fingerprint density at radius 1 is 0.833 bits per heavy atom. The van der Waals surface area contributed by atoms with Gasteiger partial charge in [0.05, 0.1) is 11.6 Å². The molecule has 3 aromatic rings. The third kappa shape index (κ3) is 3.58. The van der Waals surface area contributed by atoms with Gasteiger partial charge in [-0.15, -0.1) is 0 Å². The number of anilines is 1. The van der Waals surface area contributed by atoms with Gasteiger partial charge in [0.2, 0.25) is 0 Å². The lowest BCUT2D eigenvalue weighted by atomic mass is 9.95. The number of benzene rings is 3. The lowest BCUT2D eigenvalue weighted by molar-refractivity contribution is -0.132. The summed E-state index contributed by atoms with van der Waals surface area (Å²) in [5.74, 6) is -2.46. The van der Waals surface area contributed by atoms with E-state index >= 15 is 0 Å². The number of hydrogen-bond acceptors (Lipinski definition) is 3. The molecule has 3 aromatic carbocycles. The molecule has 0 spiro atoms. The first-order chi connectivity index (χ1) is 14.4. The highest BCUT2D eigenvalue weighted by Crippen LogP contribution is 2.42. The van der Waals surface area contributed by atoms with Crippen LogP contribution in [-0.4, -0.2) is 16.8 Å². The summed E-state index contributed by atoms with van der Waals surface area (Å²) in [4.78, 5) is 27.1. The van der Waals surface area contributed by atoms with Crippen molar-refractivity contribution in [3.8, 4) is 0 Å². The van der Waals surface area contributed by atoms with Gasteiger partial charge >= 0.3 is 0 Å². The Morgan fingerprint density at radius 3 is 1.93 bits per heavy atom. The molecule has 1 aliphatic rings. The fourth-order valence-corrected chi connectivity index (χ4v) is 3.68. The van der Waals surface area contributed by atoms with Gasteiger partial charge < -0.3 is 5.11 Å². The molecule has 0 aromatic heterocycles. The largest absolute Gasteiger partial charge is 0.507 e. The molecule has 7 heteroatoms. The molecule has 1 aliphatic heterocycles. The van der Waals surface area contributed by atoms with Gasteiger partial charge in [0.25, 0.3) is 11.7 Å². The predicted octanol–water partition coefficient (Wildman–Crippen LogP) is 5.76. The molecule has 150 valence electrons. The van der Waals surface area contributed by atoms with Crippen molar-refractivity contribution in [1.29, 1.82) is 0 Å². The molecular formula is C23H14Cl2FNO3. The molecule has 4 rings (SSSR count). The van der Waals surface area contributed by atoms with E-state index in [2.05, 4.69) is 0 Å². The lowest BCUT2D eigenvalue weighted by Gasteiger charge is -2.25. The van der Waals surface area contributed by atoms with Crippen LogP contribution in [0.4, 0.5) is 10.1 Å². The standard InChI is InChI=1S/C23H14Cl2FNO3/c24-15-5-1-13(2-6-15)20-19(21(28)14-3-7-16(25)8-4-14)22(29)23(30)27(20)18-11-9-17(26)10-12-18/h1-12,20,28H/b21-19+. The summed E-state index contributed by atoms with van der Waals surface area (Å²) in [6.45, 7) is 0. The fraction of sp³-hybridized carbons (Fsp3) is 0.0435.